The number of amides is 2. The van der Waals surface area contributed by atoms with Gasteiger partial charge in [0.05, 0.1) is 0 Å². The lowest BCUT2D eigenvalue weighted by molar-refractivity contribution is -0.133. The number of benzene rings is 1. The highest BCUT2D eigenvalue weighted by molar-refractivity contribution is 5.97. The standard InChI is InChI=1S/C16H21FN2O2/c1-11(2)14(16(21)19-8-3-4-9-19)18-15(20)12-6-5-7-13(17)10-12/h5-7,10-11,14H,3-4,8-9H2,1-2H3,(H,18,20)/t14-/m0/s1. The van der Waals surface area contributed by atoms with Crippen LogP contribution in [0.2, 0.25) is 0 Å². The van der Waals surface area contributed by atoms with Gasteiger partial charge in [0.1, 0.15) is 11.9 Å². The average Bonchev–Trinajstić information content (AvgIpc) is 2.97. The molecule has 1 N–H and O–H groups in total. The molecule has 0 unspecified atom stereocenters. The third-order valence-corrected chi connectivity index (χ3v) is 3.72. The van der Waals surface area contributed by atoms with Crippen molar-refractivity contribution in [3.05, 3.63) is 35.6 Å². The second-order valence-electron chi connectivity index (χ2n) is 5.74. The van der Waals surface area contributed by atoms with Crippen molar-refractivity contribution in [1.29, 1.82) is 0 Å². The third-order valence-electron chi connectivity index (χ3n) is 3.72. The Morgan fingerprint density at radius 1 is 1.24 bits per heavy atom. The average molecular weight is 292 g/mol. The van der Waals surface area contributed by atoms with E-state index in [1.807, 2.05) is 13.8 Å². The molecule has 1 saturated heterocycles. The Hall–Kier alpha value is -1.91. The predicted octanol–water partition coefficient (Wildman–Crippen LogP) is 2.20. The summed E-state index contributed by atoms with van der Waals surface area (Å²) in [6.07, 6.45) is 2.02. The van der Waals surface area contributed by atoms with E-state index < -0.39 is 17.8 Å². The van der Waals surface area contributed by atoms with Gasteiger partial charge >= 0.3 is 0 Å². The molecule has 0 aliphatic carbocycles. The topological polar surface area (TPSA) is 49.4 Å². The van der Waals surface area contributed by atoms with E-state index in [0.29, 0.717) is 0 Å². The molecule has 0 aromatic heterocycles. The van der Waals surface area contributed by atoms with E-state index in [0.717, 1.165) is 25.9 Å². The molecule has 2 rings (SSSR count). The summed E-state index contributed by atoms with van der Waals surface area (Å²) < 4.78 is 13.2. The molecule has 0 bridgehead atoms. The fourth-order valence-corrected chi connectivity index (χ4v) is 2.50. The van der Waals surface area contributed by atoms with Crippen LogP contribution < -0.4 is 5.32 Å². The zero-order valence-electron chi connectivity index (χ0n) is 12.4. The molecule has 1 atom stereocenters. The van der Waals surface area contributed by atoms with E-state index in [1.54, 1.807) is 4.90 Å². The number of nitrogens with zero attached hydrogens (tertiary/aromatic N) is 1. The van der Waals surface area contributed by atoms with Crippen molar-refractivity contribution >= 4 is 11.8 Å². The zero-order valence-corrected chi connectivity index (χ0v) is 12.4. The summed E-state index contributed by atoms with van der Waals surface area (Å²) in [5, 5.41) is 2.74. The molecular formula is C16H21FN2O2. The highest BCUT2D eigenvalue weighted by atomic mass is 19.1. The van der Waals surface area contributed by atoms with Crippen LogP contribution in [0.25, 0.3) is 0 Å². The molecule has 0 radical (unpaired) electrons. The van der Waals surface area contributed by atoms with Crippen molar-refractivity contribution in [3.63, 3.8) is 0 Å². The first-order chi connectivity index (χ1) is 9.99. The second-order valence-corrected chi connectivity index (χ2v) is 5.74. The van der Waals surface area contributed by atoms with Gasteiger partial charge in [0, 0.05) is 18.7 Å². The van der Waals surface area contributed by atoms with Crippen LogP contribution in [-0.2, 0) is 4.79 Å². The molecule has 1 aliphatic heterocycles. The maximum Gasteiger partial charge on any atom is 0.252 e. The Labute approximate surface area is 124 Å². The van der Waals surface area contributed by atoms with Gasteiger partial charge in [0.15, 0.2) is 0 Å². The van der Waals surface area contributed by atoms with Gasteiger partial charge in [-0.3, -0.25) is 9.59 Å². The van der Waals surface area contributed by atoms with E-state index in [2.05, 4.69) is 5.32 Å². The molecular weight excluding hydrogens is 271 g/mol. The molecule has 0 saturated carbocycles. The van der Waals surface area contributed by atoms with Crippen LogP contribution in [0.3, 0.4) is 0 Å². The van der Waals surface area contributed by atoms with Gasteiger partial charge in [-0.15, -0.1) is 0 Å². The fourth-order valence-electron chi connectivity index (χ4n) is 2.50. The highest BCUT2D eigenvalue weighted by Crippen LogP contribution is 2.14. The zero-order chi connectivity index (χ0) is 15.4. The van der Waals surface area contributed by atoms with Crippen molar-refractivity contribution in [2.75, 3.05) is 13.1 Å². The van der Waals surface area contributed by atoms with Crippen molar-refractivity contribution < 1.29 is 14.0 Å². The number of rotatable bonds is 4. The summed E-state index contributed by atoms with van der Waals surface area (Å²) in [7, 11) is 0. The van der Waals surface area contributed by atoms with E-state index in [4.69, 9.17) is 0 Å². The van der Waals surface area contributed by atoms with Crippen molar-refractivity contribution in [3.8, 4) is 0 Å². The minimum absolute atomic E-state index is 0.0180. The second kappa shape index (κ2) is 6.70. The number of halogens is 1. The molecule has 1 aromatic rings. The summed E-state index contributed by atoms with van der Waals surface area (Å²) in [5.41, 5.74) is 0.231. The van der Waals surface area contributed by atoms with Crippen molar-refractivity contribution in [2.24, 2.45) is 5.92 Å². The third kappa shape index (κ3) is 3.80. The molecule has 1 heterocycles. The number of hydrogen-bond acceptors (Lipinski definition) is 2. The lowest BCUT2D eigenvalue weighted by Crippen LogP contribution is -2.50. The van der Waals surface area contributed by atoms with Gasteiger partial charge in [-0.1, -0.05) is 19.9 Å². The summed E-state index contributed by atoms with van der Waals surface area (Å²) in [5.74, 6) is -0.946. The van der Waals surface area contributed by atoms with E-state index >= 15 is 0 Å². The smallest absolute Gasteiger partial charge is 0.252 e. The maximum atomic E-state index is 13.2. The number of carbonyl (C=O) groups excluding carboxylic acids is 2. The lowest BCUT2D eigenvalue weighted by atomic mass is 10.0. The van der Waals surface area contributed by atoms with Crippen LogP contribution in [0.5, 0.6) is 0 Å². The Balaban J connectivity index is 2.09. The van der Waals surface area contributed by atoms with Gasteiger partial charge in [-0.2, -0.15) is 0 Å². The minimum atomic E-state index is -0.570. The molecule has 114 valence electrons. The van der Waals surface area contributed by atoms with E-state index in [-0.39, 0.29) is 17.4 Å². The number of nitrogens with one attached hydrogen (secondary N) is 1. The molecule has 5 heteroatoms. The Morgan fingerprint density at radius 3 is 2.48 bits per heavy atom. The van der Waals surface area contributed by atoms with Crippen LogP contribution in [0, 0.1) is 11.7 Å². The summed E-state index contributed by atoms with van der Waals surface area (Å²) in [6, 6.07) is 4.91. The fraction of sp³-hybridized carbons (Fsp3) is 0.500. The van der Waals surface area contributed by atoms with Gasteiger partial charge < -0.3 is 10.2 Å². The van der Waals surface area contributed by atoms with E-state index in [1.165, 1.54) is 24.3 Å². The maximum absolute atomic E-state index is 13.2. The number of hydrogen-bond donors (Lipinski definition) is 1. The normalized spacial score (nSPS) is 16.1. The van der Waals surface area contributed by atoms with E-state index in [9.17, 15) is 14.0 Å². The van der Waals surface area contributed by atoms with Gasteiger partial charge in [-0.05, 0) is 37.0 Å². The molecule has 2 amide bonds. The number of carbonyl (C=O) groups is 2. The van der Waals surface area contributed by atoms with Crippen LogP contribution in [0.4, 0.5) is 4.39 Å². The monoisotopic (exact) mass is 292 g/mol. The predicted molar refractivity (Wildman–Crippen MR) is 78.3 cm³/mol. The largest absolute Gasteiger partial charge is 0.341 e. The Morgan fingerprint density at radius 2 is 1.90 bits per heavy atom. The summed E-state index contributed by atoms with van der Waals surface area (Å²) in [6.45, 7) is 5.28. The van der Waals surface area contributed by atoms with Crippen molar-refractivity contribution in [2.45, 2.75) is 32.7 Å². The van der Waals surface area contributed by atoms with Gasteiger partial charge in [0.25, 0.3) is 5.91 Å². The Kier molecular flexibility index (Phi) is 4.94. The molecule has 1 fully saturated rings. The first-order valence-electron chi connectivity index (χ1n) is 7.34. The van der Waals surface area contributed by atoms with Crippen LogP contribution in [-0.4, -0.2) is 35.8 Å². The molecule has 0 spiro atoms. The molecule has 4 nitrogen and oxygen atoms in total. The Bertz CT molecular complexity index is 525. The van der Waals surface area contributed by atoms with Crippen LogP contribution in [0.1, 0.15) is 37.0 Å². The summed E-state index contributed by atoms with van der Waals surface area (Å²) in [4.78, 5) is 26.4. The van der Waals surface area contributed by atoms with Crippen LogP contribution in [0.15, 0.2) is 24.3 Å². The minimum Gasteiger partial charge on any atom is -0.341 e. The quantitative estimate of drug-likeness (QED) is 0.925. The molecule has 21 heavy (non-hydrogen) atoms. The lowest BCUT2D eigenvalue weighted by Gasteiger charge is -2.26. The van der Waals surface area contributed by atoms with Gasteiger partial charge in [-0.25, -0.2) is 4.39 Å². The molecule has 1 aliphatic rings. The first-order valence-corrected chi connectivity index (χ1v) is 7.34. The molecule has 1 aromatic carbocycles. The SMILES string of the molecule is CC(C)[C@H](NC(=O)c1cccc(F)c1)C(=O)N1CCCC1. The number of likely N-dealkylation sites (tertiary alicyclic amines) is 1. The van der Waals surface area contributed by atoms with Crippen LogP contribution >= 0.6 is 0 Å². The highest BCUT2D eigenvalue weighted by Gasteiger charge is 2.30. The van der Waals surface area contributed by atoms with Crippen molar-refractivity contribution in [1.82, 2.24) is 10.2 Å². The summed E-state index contributed by atoms with van der Waals surface area (Å²) >= 11 is 0. The first kappa shape index (κ1) is 15.5. The van der Waals surface area contributed by atoms with Gasteiger partial charge in [0.2, 0.25) is 5.91 Å².